The number of benzene rings is 1. The minimum atomic E-state index is 0.681. The van der Waals surface area contributed by atoms with Crippen molar-refractivity contribution in [2.24, 2.45) is 0 Å². The molecule has 0 unspecified atom stereocenters. The molecule has 4 nitrogen and oxygen atoms in total. The Morgan fingerprint density at radius 3 is 2.71 bits per heavy atom. The van der Waals surface area contributed by atoms with E-state index in [9.17, 15) is 0 Å². The molecule has 1 heterocycles. The van der Waals surface area contributed by atoms with Gasteiger partial charge in [-0.1, -0.05) is 13.0 Å². The maximum absolute atomic E-state index is 5.97. The number of hydrogen-bond donors (Lipinski definition) is 1. The lowest BCUT2D eigenvalue weighted by Gasteiger charge is -2.23. The Labute approximate surface area is 126 Å². The first-order valence-corrected chi connectivity index (χ1v) is 7.41. The van der Waals surface area contributed by atoms with Gasteiger partial charge in [-0.05, 0) is 37.6 Å². The highest BCUT2D eigenvalue weighted by atomic mass is 16.5. The summed E-state index contributed by atoms with van der Waals surface area (Å²) in [5.41, 5.74) is 8.80. The first kappa shape index (κ1) is 15.2. The van der Waals surface area contributed by atoms with Crippen LogP contribution in [0, 0.1) is 0 Å². The van der Waals surface area contributed by atoms with Crippen molar-refractivity contribution in [3.05, 3.63) is 48.3 Å². The van der Waals surface area contributed by atoms with Crippen LogP contribution in [0.15, 0.2) is 42.6 Å². The third kappa shape index (κ3) is 4.12. The van der Waals surface area contributed by atoms with Gasteiger partial charge in [-0.2, -0.15) is 0 Å². The maximum atomic E-state index is 5.97. The molecule has 2 aromatic rings. The number of ether oxygens (including phenoxy) is 1. The van der Waals surface area contributed by atoms with Gasteiger partial charge < -0.3 is 15.4 Å². The Morgan fingerprint density at radius 1 is 1.19 bits per heavy atom. The maximum Gasteiger partial charge on any atom is 0.144 e. The molecule has 0 aliphatic carbocycles. The molecule has 0 aliphatic rings. The van der Waals surface area contributed by atoms with Gasteiger partial charge in [0.05, 0.1) is 24.5 Å². The van der Waals surface area contributed by atoms with E-state index in [0.717, 1.165) is 36.6 Å². The highest BCUT2D eigenvalue weighted by molar-refractivity contribution is 5.62. The van der Waals surface area contributed by atoms with Crippen molar-refractivity contribution in [2.45, 2.75) is 26.8 Å². The largest absolute Gasteiger partial charge is 0.491 e. The van der Waals surface area contributed by atoms with Crippen LogP contribution in [0.4, 0.5) is 11.4 Å². The second-order valence-corrected chi connectivity index (χ2v) is 4.91. The van der Waals surface area contributed by atoms with Gasteiger partial charge in [-0.15, -0.1) is 0 Å². The van der Waals surface area contributed by atoms with Gasteiger partial charge >= 0.3 is 0 Å². The van der Waals surface area contributed by atoms with Crippen molar-refractivity contribution in [3.63, 3.8) is 0 Å². The summed E-state index contributed by atoms with van der Waals surface area (Å²) in [7, 11) is 0. The highest BCUT2D eigenvalue weighted by Gasteiger charge is 2.09. The molecule has 0 amide bonds. The van der Waals surface area contributed by atoms with Crippen LogP contribution in [-0.2, 0) is 6.54 Å². The number of hydrogen-bond acceptors (Lipinski definition) is 4. The van der Waals surface area contributed by atoms with E-state index in [2.05, 4.69) is 23.7 Å². The molecule has 0 bridgehead atoms. The molecule has 4 heteroatoms. The fourth-order valence-electron chi connectivity index (χ4n) is 2.13. The molecule has 1 aromatic heterocycles. The predicted octanol–water partition coefficient (Wildman–Crippen LogP) is 3.48. The SMILES string of the molecule is CCCOc1cc(N(CC)Cc2ccccn2)ccc1N. The topological polar surface area (TPSA) is 51.4 Å². The van der Waals surface area contributed by atoms with Crippen molar-refractivity contribution < 1.29 is 4.74 Å². The van der Waals surface area contributed by atoms with Crippen LogP contribution in [-0.4, -0.2) is 18.1 Å². The van der Waals surface area contributed by atoms with E-state index in [1.807, 2.05) is 42.6 Å². The van der Waals surface area contributed by atoms with Gasteiger partial charge in [0.2, 0.25) is 0 Å². The van der Waals surface area contributed by atoms with E-state index in [1.165, 1.54) is 0 Å². The summed E-state index contributed by atoms with van der Waals surface area (Å²) in [6.45, 7) is 6.56. The Morgan fingerprint density at radius 2 is 2.05 bits per heavy atom. The smallest absolute Gasteiger partial charge is 0.144 e. The van der Waals surface area contributed by atoms with Gasteiger partial charge in [-0.25, -0.2) is 0 Å². The van der Waals surface area contributed by atoms with Crippen LogP contribution >= 0.6 is 0 Å². The normalized spacial score (nSPS) is 10.4. The Bertz CT molecular complexity index is 557. The minimum Gasteiger partial charge on any atom is -0.491 e. The first-order chi connectivity index (χ1) is 10.2. The third-order valence-corrected chi connectivity index (χ3v) is 3.28. The molecule has 0 spiro atoms. The van der Waals surface area contributed by atoms with Crippen molar-refractivity contribution in [1.82, 2.24) is 4.98 Å². The molecular weight excluding hydrogens is 262 g/mol. The van der Waals surface area contributed by atoms with Crippen LogP contribution in [0.25, 0.3) is 0 Å². The van der Waals surface area contributed by atoms with Gasteiger partial charge in [0.15, 0.2) is 0 Å². The number of nitrogens with zero attached hydrogens (tertiary/aromatic N) is 2. The van der Waals surface area contributed by atoms with Crippen LogP contribution in [0.5, 0.6) is 5.75 Å². The van der Waals surface area contributed by atoms with Crippen molar-refractivity contribution >= 4 is 11.4 Å². The fraction of sp³-hybridized carbons (Fsp3) is 0.353. The second kappa shape index (κ2) is 7.53. The second-order valence-electron chi connectivity index (χ2n) is 4.91. The highest BCUT2D eigenvalue weighted by Crippen LogP contribution is 2.28. The van der Waals surface area contributed by atoms with Crippen molar-refractivity contribution in [1.29, 1.82) is 0 Å². The predicted molar refractivity (Wildman–Crippen MR) is 87.6 cm³/mol. The van der Waals surface area contributed by atoms with E-state index < -0.39 is 0 Å². The Hall–Kier alpha value is -2.23. The summed E-state index contributed by atoms with van der Waals surface area (Å²) in [6.07, 6.45) is 2.79. The van der Waals surface area contributed by atoms with Crippen molar-refractivity contribution in [3.8, 4) is 5.75 Å². The summed E-state index contributed by atoms with van der Waals surface area (Å²) in [4.78, 5) is 6.63. The van der Waals surface area contributed by atoms with Crippen LogP contribution < -0.4 is 15.4 Å². The van der Waals surface area contributed by atoms with Gasteiger partial charge in [0.25, 0.3) is 0 Å². The summed E-state index contributed by atoms with van der Waals surface area (Å²) >= 11 is 0. The quantitative estimate of drug-likeness (QED) is 0.791. The average molecular weight is 285 g/mol. The molecule has 2 rings (SSSR count). The monoisotopic (exact) mass is 285 g/mol. The molecule has 2 N–H and O–H groups in total. The number of rotatable bonds is 7. The average Bonchev–Trinajstić information content (AvgIpc) is 2.53. The molecule has 0 aliphatic heterocycles. The molecule has 112 valence electrons. The Balaban J connectivity index is 2.17. The number of aromatic nitrogens is 1. The van der Waals surface area contributed by atoms with Gasteiger partial charge in [0, 0.05) is 24.5 Å². The van der Waals surface area contributed by atoms with E-state index in [0.29, 0.717) is 12.3 Å². The van der Waals surface area contributed by atoms with Crippen LogP contribution in [0.2, 0.25) is 0 Å². The Kier molecular flexibility index (Phi) is 5.43. The summed E-state index contributed by atoms with van der Waals surface area (Å²) in [6, 6.07) is 11.9. The third-order valence-electron chi connectivity index (χ3n) is 3.28. The standard InChI is InChI=1S/C17H23N3O/c1-3-11-21-17-12-15(8-9-16(17)18)20(4-2)13-14-7-5-6-10-19-14/h5-10,12H,3-4,11,13,18H2,1-2H3. The summed E-state index contributed by atoms with van der Waals surface area (Å²) in [5, 5.41) is 0. The van der Waals surface area contributed by atoms with Crippen molar-refractivity contribution in [2.75, 3.05) is 23.8 Å². The van der Waals surface area contributed by atoms with Gasteiger partial charge in [-0.3, -0.25) is 4.98 Å². The zero-order valence-corrected chi connectivity index (χ0v) is 12.7. The molecule has 0 atom stereocenters. The molecule has 0 saturated heterocycles. The number of nitrogen functional groups attached to an aromatic ring is 1. The van der Waals surface area contributed by atoms with E-state index in [-0.39, 0.29) is 0 Å². The summed E-state index contributed by atoms with van der Waals surface area (Å²) < 4.78 is 5.70. The number of pyridine rings is 1. The lowest BCUT2D eigenvalue weighted by Crippen LogP contribution is -2.22. The number of nitrogens with two attached hydrogens (primary N) is 1. The molecule has 0 saturated carbocycles. The zero-order chi connectivity index (χ0) is 15.1. The molecule has 0 fully saturated rings. The van der Waals surface area contributed by atoms with Crippen LogP contribution in [0.1, 0.15) is 26.0 Å². The first-order valence-electron chi connectivity index (χ1n) is 7.41. The lowest BCUT2D eigenvalue weighted by molar-refractivity contribution is 0.319. The van der Waals surface area contributed by atoms with E-state index in [1.54, 1.807) is 0 Å². The summed E-state index contributed by atoms with van der Waals surface area (Å²) in [5.74, 6) is 0.758. The molecule has 0 radical (unpaired) electrons. The zero-order valence-electron chi connectivity index (χ0n) is 12.7. The van der Waals surface area contributed by atoms with E-state index >= 15 is 0 Å². The van der Waals surface area contributed by atoms with Crippen LogP contribution in [0.3, 0.4) is 0 Å². The molecular formula is C17H23N3O. The number of anilines is 2. The molecule has 21 heavy (non-hydrogen) atoms. The lowest BCUT2D eigenvalue weighted by atomic mass is 10.2. The minimum absolute atomic E-state index is 0.681. The molecule has 1 aromatic carbocycles. The van der Waals surface area contributed by atoms with Gasteiger partial charge in [0.1, 0.15) is 5.75 Å². The fourth-order valence-corrected chi connectivity index (χ4v) is 2.13. The van der Waals surface area contributed by atoms with E-state index in [4.69, 9.17) is 10.5 Å².